The van der Waals surface area contributed by atoms with Gasteiger partial charge in [-0.25, -0.2) is 9.59 Å². The van der Waals surface area contributed by atoms with Crippen molar-refractivity contribution in [1.29, 1.82) is 0 Å². The Bertz CT molecular complexity index is 1750. The summed E-state index contributed by atoms with van der Waals surface area (Å²) in [7, 11) is 3.06. The highest BCUT2D eigenvalue weighted by Gasteiger charge is 2.22. The fourth-order valence-corrected chi connectivity index (χ4v) is 5.22. The summed E-state index contributed by atoms with van der Waals surface area (Å²) in [6.07, 6.45) is 5.78. The van der Waals surface area contributed by atoms with E-state index in [1.807, 2.05) is 0 Å². The van der Waals surface area contributed by atoms with Crippen LogP contribution >= 0.6 is 0 Å². The van der Waals surface area contributed by atoms with Crippen LogP contribution in [0.1, 0.15) is 70.9 Å². The number of carboxylic acids is 1. The van der Waals surface area contributed by atoms with Gasteiger partial charge in [0.2, 0.25) is 5.91 Å². The minimum absolute atomic E-state index is 0.00274. The van der Waals surface area contributed by atoms with Crippen molar-refractivity contribution in [3.63, 3.8) is 0 Å². The van der Waals surface area contributed by atoms with E-state index < -0.39 is 23.9 Å². The molecule has 2 amide bonds. The maximum atomic E-state index is 12.9. The molecule has 0 bridgehead atoms. The van der Waals surface area contributed by atoms with Gasteiger partial charge in [-0.05, 0) is 90.8 Å². The molecule has 0 aliphatic carbocycles. The number of anilines is 1. The van der Waals surface area contributed by atoms with Gasteiger partial charge < -0.3 is 34.7 Å². The van der Waals surface area contributed by atoms with Crippen molar-refractivity contribution in [2.45, 2.75) is 57.9 Å². The van der Waals surface area contributed by atoms with Crippen molar-refractivity contribution < 1.29 is 43.2 Å². The monoisotopic (exact) mass is 696 g/mol. The van der Waals surface area contributed by atoms with Gasteiger partial charge in [-0.15, -0.1) is 0 Å². The van der Waals surface area contributed by atoms with Crippen LogP contribution in [0.5, 0.6) is 23.0 Å². The van der Waals surface area contributed by atoms with Crippen molar-refractivity contribution in [3.05, 3.63) is 113 Å². The van der Waals surface area contributed by atoms with E-state index in [2.05, 4.69) is 17.6 Å². The first-order valence-corrected chi connectivity index (χ1v) is 16.9. The summed E-state index contributed by atoms with van der Waals surface area (Å²) in [6, 6.07) is 23.3. The lowest BCUT2D eigenvalue weighted by molar-refractivity contribution is -0.139. The van der Waals surface area contributed by atoms with Crippen molar-refractivity contribution in [1.82, 2.24) is 5.32 Å². The number of nitrogens with one attached hydrogen (secondary N) is 2. The second-order valence-electron chi connectivity index (χ2n) is 11.9. The number of unbranched alkanes of at least 4 members (excludes halogenated alkanes) is 4. The minimum atomic E-state index is -1.22. The van der Waals surface area contributed by atoms with Crippen LogP contribution in [0, 0.1) is 0 Å². The molecule has 4 rings (SSSR count). The first kappa shape index (κ1) is 38.0. The molecular weight excluding hydrogens is 652 g/mol. The molecule has 0 aromatic heterocycles. The number of ether oxygens (including phenoxy) is 4. The lowest BCUT2D eigenvalue weighted by atomic mass is 10.0. The highest BCUT2D eigenvalue weighted by atomic mass is 16.5. The Kier molecular flexibility index (Phi) is 14.4. The van der Waals surface area contributed by atoms with Gasteiger partial charge in [-0.3, -0.25) is 9.59 Å². The molecule has 0 aliphatic rings. The molecule has 0 fully saturated rings. The van der Waals surface area contributed by atoms with Crippen molar-refractivity contribution in [2.75, 3.05) is 26.1 Å². The van der Waals surface area contributed by atoms with Gasteiger partial charge in [0.15, 0.2) is 0 Å². The molecule has 1 atom stereocenters. The van der Waals surface area contributed by atoms with E-state index in [-0.39, 0.29) is 24.3 Å². The fraction of sp³-hybridized carbons (Fsp3) is 0.300. The molecule has 51 heavy (non-hydrogen) atoms. The lowest BCUT2D eigenvalue weighted by Gasteiger charge is -2.15. The van der Waals surface area contributed by atoms with Gasteiger partial charge >= 0.3 is 11.9 Å². The summed E-state index contributed by atoms with van der Waals surface area (Å²) in [5.74, 6) is -0.498. The Morgan fingerprint density at radius 1 is 0.725 bits per heavy atom. The summed E-state index contributed by atoms with van der Waals surface area (Å²) < 4.78 is 21.8. The number of aliphatic carboxylic acids is 1. The molecule has 11 heteroatoms. The number of hydrogen-bond acceptors (Lipinski definition) is 8. The molecule has 0 heterocycles. The zero-order chi connectivity index (χ0) is 36.6. The smallest absolute Gasteiger partial charge is 0.343 e. The summed E-state index contributed by atoms with van der Waals surface area (Å²) in [6.45, 7) is 2.81. The standard InChI is InChI=1S/C40H44N2O9/c1-4-5-6-7-8-23-50-32-19-13-29(14-20-32)40(47)51-33-17-9-27(10-18-33)24-35(39(45)46)42-38(44)28-11-15-31(16-12-28)41-37(43)26-30-25-34(48-2)21-22-36(30)49-3/h9-22,25,35H,4-8,23-24,26H2,1-3H3,(H,41,43)(H,42,44)(H,45,46). The minimum Gasteiger partial charge on any atom is -0.497 e. The highest BCUT2D eigenvalue weighted by molar-refractivity contribution is 5.98. The zero-order valence-electron chi connectivity index (χ0n) is 29.1. The summed E-state index contributed by atoms with van der Waals surface area (Å²) in [5, 5.41) is 15.1. The highest BCUT2D eigenvalue weighted by Crippen LogP contribution is 2.25. The molecule has 3 N–H and O–H groups in total. The Morgan fingerprint density at radius 3 is 2.02 bits per heavy atom. The predicted molar refractivity (Wildman–Crippen MR) is 193 cm³/mol. The first-order valence-electron chi connectivity index (χ1n) is 16.9. The number of carbonyl (C=O) groups is 4. The molecule has 1 unspecified atom stereocenters. The first-order chi connectivity index (χ1) is 24.7. The third-order valence-electron chi connectivity index (χ3n) is 8.05. The number of amides is 2. The van der Waals surface area contributed by atoms with Crippen molar-refractivity contribution in [2.24, 2.45) is 0 Å². The second kappa shape index (κ2) is 19.4. The number of hydrogen-bond donors (Lipinski definition) is 3. The third-order valence-corrected chi connectivity index (χ3v) is 8.05. The largest absolute Gasteiger partial charge is 0.497 e. The van der Waals surface area contributed by atoms with Gasteiger partial charge in [0.25, 0.3) is 5.91 Å². The maximum absolute atomic E-state index is 12.9. The maximum Gasteiger partial charge on any atom is 0.343 e. The van der Waals surface area contributed by atoms with Gasteiger partial charge in [-0.2, -0.15) is 0 Å². The summed E-state index contributed by atoms with van der Waals surface area (Å²) in [5.41, 5.74) is 2.31. The average molecular weight is 697 g/mol. The van der Waals surface area contributed by atoms with Crippen molar-refractivity contribution in [3.8, 4) is 23.0 Å². The zero-order valence-corrected chi connectivity index (χ0v) is 29.1. The van der Waals surface area contributed by atoms with Crippen molar-refractivity contribution >= 4 is 29.4 Å². The van der Waals surface area contributed by atoms with Crippen LogP contribution in [0.25, 0.3) is 0 Å². The molecule has 268 valence electrons. The molecular formula is C40H44N2O9. The Labute approximate surface area is 297 Å². The molecule has 4 aromatic carbocycles. The van der Waals surface area contributed by atoms with Gasteiger partial charge in [0.1, 0.15) is 29.0 Å². The van der Waals surface area contributed by atoms with Crippen LogP contribution in [0.2, 0.25) is 0 Å². The molecule has 0 saturated heterocycles. The topological polar surface area (TPSA) is 149 Å². The quantitative estimate of drug-likeness (QED) is 0.0542. The number of carboxylic acid groups (broad SMARTS) is 1. The molecule has 0 aliphatic heterocycles. The number of carbonyl (C=O) groups excluding carboxylic acids is 3. The van der Waals surface area contributed by atoms with E-state index in [1.54, 1.807) is 78.9 Å². The number of benzene rings is 4. The van der Waals surface area contributed by atoms with Gasteiger partial charge in [0.05, 0.1) is 32.8 Å². The van der Waals surface area contributed by atoms with Crippen LogP contribution in [-0.4, -0.2) is 55.7 Å². The van der Waals surface area contributed by atoms with E-state index in [0.717, 1.165) is 12.8 Å². The average Bonchev–Trinajstić information content (AvgIpc) is 3.13. The third kappa shape index (κ3) is 11.9. The van der Waals surface area contributed by atoms with E-state index >= 15 is 0 Å². The number of rotatable bonds is 19. The van der Waals surface area contributed by atoms with E-state index in [1.165, 1.54) is 45.6 Å². The molecule has 11 nitrogen and oxygen atoms in total. The van der Waals surface area contributed by atoms with Gasteiger partial charge in [0, 0.05) is 23.2 Å². The van der Waals surface area contributed by atoms with E-state index in [0.29, 0.717) is 52.0 Å². The fourth-order valence-electron chi connectivity index (χ4n) is 5.22. The molecule has 0 spiro atoms. The normalized spacial score (nSPS) is 11.2. The van der Waals surface area contributed by atoms with Crippen LogP contribution in [0.3, 0.4) is 0 Å². The van der Waals surface area contributed by atoms with Crippen LogP contribution in [0.15, 0.2) is 91.0 Å². The molecule has 0 radical (unpaired) electrons. The van der Waals surface area contributed by atoms with Crippen LogP contribution in [-0.2, 0) is 22.4 Å². The Morgan fingerprint density at radius 2 is 1.37 bits per heavy atom. The SMILES string of the molecule is CCCCCCCOc1ccc(C(=O)Oc2ccc(CC(NC(=O)c3ccc(NC(=O)Cc4cc(OC)ccc4OC)cc3)C(=O)O)cc2)cc1. The lowest BCUT2D eigenvalue weighted by Crippen LogP contribution is -2.42. The van der Waals surface area contributed by atoms with Crippen LogP contribution in [0.4, 0.5) is 5.69 Å². The van der Waals surface area contributed by atoms with Gasteiger partial charge in [-0.1, -0.05) is 44.7 Å². The van der Waals surface area contributed by atoms with E-state index in [9.17, 15) is 24.3 Å². The summed E-state index contributed by atoms with van der Waals surface area (Å²) >= 11 is 0. The summed E-state index contributed by atoms with van der Waals surface area (Å²) in [4.78, 5) is 50.3. The Balaban J connectivity index is 1.26. The molecule has 4 aromatic rings. The number of methoxy groups -OCH3 is 2. The van der Waals surface area contributed by atoms with Crippen LogP contribution < -0.4 is 29.6 Å². The van der Waals surface area contributed by atoms with E-state index in [4.69, 9.17) is 18.9 Å². The predicted octanol–water partition coefficient (Wildman–Crippen LogP) is 6.88. The number of esters is 1. The Hall–Kier alpha value is -5.84. The molecule has 0 saturated carbocycles. The second-order valence-corrected chi connectivity index (χ2v) is 11.9.